The van der Waals surface area contributed by atoms with Crippen molar-refractivity contribution in [2.24, 2.45) is 0 Å². The molecule has 4 rings (SSSR count). The van der Waals surface area contributed by atoms with Crippen molar-refractivity contribution in [1.82, 2.24) is 14.6 Å². The van der Waals surface area contributed by atoms with Crippen molar-refractivity contribution in [1.29, 1.82) is 0 Å². The van der Waals surface area contributed by atoms with Gasteiger partial charge in [0.15, 0.2) is 0 Å². The maximum absolute atomic E-state index is 12.6. The smallest absolute Gasteiger partial charge is 0.240 e. The van der Waals surface area contributed by atoms with Gasteiger partial charge < -0.3 is 4.90 Å². The minimum absolute atomic E-state index is 0. The maximum atomic E-state index is 12.6. The summed E-state index contributed by atoms with van der Waals surface area (Å²) in [6.45, 7) is 5.04. The Kier molecular flexibility index (Phi) is 9.21. The fourth-order valence-electron chi connectivity index (χ4n) is 3.92. The van der Waals surface area contributed by atoms with Crippen LogP contribution in [0.2, 0.25) is 10.0 Å². The molecule has 0 amide bonds. The molecule has 0 spiro atoms. The molecule has 6 nitrogen and oxygen atoms in total. The Hall–Kier alpha value is -1.61. The third-order valence-electron chi connectivity index (χ3n) is 5.72. The minimum atomic E-state index is -3.52. The van der Waals surface area contributed by atoms with Crippen molar-refractivity contribution in [3.05, 3.63) is 64.8 Å². The van der Waals surface area contributed by atoms with Crippen molar-refractivity contribution in [2.45, 2.75) is 17.7 Å². The highest BCUT2D eigenvalue weighted by molar-refractivity contribution is 7.89. The number of rotatable bonds is 8. The van der Waals surface area contributed by atoms with Crippen LogP contribution in [0.1, 0.15) is 12.8 Å². The van der Waals surface area contributed by atoms with E-state index in [9.17, 15) is 8.42 Å². The normalized spacial score (nSPS) is 14.9. The van der Waals surface area contributed by atoms with E-state index in [4.69, 9.17) is 23.2 Å². The van der Waals surface area contributed by atoms with Gasteiger partial charge in [-0.15, -0.1) is 12.4 Å². The first-order valence-electron chi connectivity index (χ1n) is 10.7. The Bertz CT molecular complexity index is 1190. The number of pyridine rings is 1. The lowest BCUT2D eigenvalue weighted by Gasteiger charge is -2.36. The van der Waals surface area contributed by atoms with Crippen LogP contribution in [-0.4, -0.2) is 57.6 Å². The average molecular weight is 530 g/mol. The lowest BCUT2D eigenvalue weighted by Crippen LogP contribution is -2.46. The third kappa shape index (κ3) is 6.50. The zero-order chi connectivity index (χ0) is 22.6. The largest absolute Gasteiger partial charge is 0.368 e. The van der Waals surface area contributed by atoms with E-state index in [1.54, 1.807) is 36.5 Å². The summed E-state index contributed by atoms with van der Waals surface area (Å²) in [5.74, 6) is 0. The number of halogens is 3. The van der Waals surface area contributed by atoms with Crippen molar-refractivity contribution in [2.75, 3.05) is 44.2 Å². The molecule has 0 unspecified atom stereocenters. The van der Waals surface area contributed by atoms with Crippen molar-refractivity contribution in [3.8, 4) is 0 Å². The lowest BCUT2D eigenvalue weighted by atomic mass is 10.2. The topological polar surface area (TPSA) is 65.5 Å². The number of fused-ring (bicyclic) bond motifs is 1. The quantitative estimate of drug-likeness (QED) is 0.423. The highest BCUT2D eigenvalue weighted by Crippen LogP contribution is 2.32. The summed E-state index contributed by atoms with van der Waals surface area (Å²) in [4.78, 5) is 9.17. The summed E-state index contributed by atoms with van der Waals surface area (Å²) in [5, 5.41) is 2.00. The Morgan fingerprint density at radius 2 is 1.76 bits per heavy atom. The van der Waals surface area contributed by atoms with Crippen LogP contribution in [0.3, 0.4) is 0 Å². The SMILES string of the molecule is Cl.O=S(=O)(NCCCCN1CCN(c2cccc(Cl)c2Cl)CC1)c1ccc2ncccc2c1. The Balaban J connectivity index is 0.00000306. The van der Waals surface area contributed by atoms with Gasteiger partial charge >= 0.3 is 0 Å². The van der Waals surface area contributed by atoms with Gasteiger partial charge in [-0.25, -0.2) is 13.1 Å². The number of aromatic nitrogens is 1. The maximum Gasteiger partial charge on any atom is 0.240 e. The molecule has 33 heavy (non-hydrogen) atoms. The standard InChI is InChI=1S/C23H26Cl2N4O2S.ClH/c24-20-6-3-7-22(23(20)25)29-15-13-28(14-16-29)12-2-1-11-27-32(30,31)19-8-9-21-18(17-19)5-4-10-26-21;/h3-10,17,27H,1-2,11-16H2;1H. The monoisotopic (exact) mass is 528 g/mol. The van der Waals surface area contributed by atoms with Crippen LogP contribution < -0.4 is 9.62 Å². The van der Waals surface area contributed by atoms with Crippen molar-refractivity contribution in [3.63, 3.8) is 0 Å². The second kappa shape index (κ2) is 11.7. The van der Waals surface area contributed by atoms with Gasteiger partial charge in [-0.05, 0) is 55.8 Å². The summed E-state index contributed by atoms with van der Waals surface area (Å²) in [5.41, 5.74) is 1.77. The second-order valence-electron chi connectivity index (χ2n) is 7.86. The molecule has 0 atom stereocenters. The Morgan fingerprint density at radius 3 is 2.55 bits per heavy atom. The highest BCUT2D eigenvalue weighted by Gasteiger charge is 2.19. The molecule has 0 bridgehead atoms. The van der Waals surface area contributed by atoms with Crippen LogP contribution in [0, 0.1) is 0 Å². The molecule has 0 aliphatic carbocycles. The van der Waals surface area contributed by atoms with Gasteiger partial charge in [0.2, 0.25) is 10.0 Å². The molecule has 10 heteroatoms. The highest BCUT2D eigenvalue weighted by atomic mass is 35.5. The van der Waals surface area contributed by atoms with Crippen LogP contribution in [-0.2, 0) is 10.0 Å². The fourth-order valence-corrected chi connectivity index (χ4v) is 5.44. The number of hydrogen-bond donors (Lipinski definition) is 1. The van der Waals surface area contributed by atoms with Crippen LogP contribution in [0.5, 0.6) is 0 Å². The van der Waals surface area contributed by atoms with E-state index in [1.807, 2.05) is 18.2 Å². The van der Waals surface area contributed by atoms with Crippen LogP contribution >= 0.6 is 35.6 Å². The lowest BCUT2D eigenvalue weighted by molar-refractivity contribution is 0.253. The molecule has 0 saturated carbocycles. The molecule has 1 aliphatic rings. The number of piperazine rings is 1. The third-order valence-corrected chi connectivity index (χ3v) is 7.99. The average Bonchev–Trinajstić information content (AvgIpc) is 2.81. The van der Waals surface area contributed by atoms with Gasteiger partial charge in [0.1, 0.15) is 0 Å². The molecule has 1 saturated heterocycles. The first-order valence-corrected chi connectivity index (χ1v) is 12.9. The minimum Gasteiger partial charge on any atom is -0.368 e. The van der Waals surface area contributed by atoms with E-state index in [1.165, 1.54) is 0 Å². The van der Waals surface area contributed by atoms with Gasteiger partial charge in [-0.2, -0.15) is 0 Å². The molecule has 1 N–H and O–H groups in total. The van der Waals surface area contributed by atoms with Gasteiger partial charge in [-0.1, -0.05) is 35.3 Å². The number of anilines is 1. The van der Waals surface area contributed by atoms with E-state index >= 15 is 0 Å². The number of benzene rings is 2. The predicted octanol–water partition coefficient (Wildman–Crippen LogP) is 4.84. The van der Waals surface area contributed by atoms with E-state index < -0.39 is 10.0 Å². The molecule has 3 aromatic rings. The summed E-state index contributed by atoms with van der Waals surface area (Å²) < 4.78 is 27.9. The van der Waals surface area contributed by atoms with Crippen LogP contribution in [0.4, 0.5) is 5.69 Å². The fraction of sp³-hybridized carbons (Fsp3) is 0.348. The zero-order valence-electron chi connectivity index (χ0n) is 18.1. The number of unbranched alkanes of at least 4 members (excludes halogenated alkanes) is 1. The first kappa shape index (κ1) is 26.0. The van der Waals surface area contributed by atoms with E-state index in [0.29, 0.717) is 16.6 Å². The molecule has 2 aromatic carbocycles. The number of nitrogens with zero attached hydrogens (tertiary/aromatic N) is 3. The Morgan fingerprint density at radius 1 is 0.970 bits per heavy atom. The van der Waals surface area contributed by atoms with Crippen LogP contribution in [0.25, 0.3) is 10.9 Å². The number of sulfonamides is 1. The number of nitrogens with one attached hydrogen (secondary N) is 1. The zero-order valence-corrected chi connectivity index (χ0v) is 21.2. The van der Waals surface area contributed by atoms with E-state index in [-0.39, 0.29) is 17.3 Å². The van der Waals surface area contributed by atoms with Gasteiger partial charge in [0.05, 0.1) is 26.1 Å². The summed E-state index contributed by atoms with van der Waals surface area (Å²) in [6.07, 6.45) is 3.41. The molecular formula is C23H27Cl3N4O2S. The predicted molar refractivity (Wildman–Crippen MR) is 139 cm³/mol. The van der Waals surface area contributed by atoms with Gasteiger partial charge in [0.25, 0.3) is 0 Å². The molecule has 1 fully saturated rings. The van der Waals surface area contributed by atoms with E-state index in [0.717, 1.165) is 62.2 Å². The summed E-state index contributed by atoms with van der Waals surface area (Å²) in [6, 6.07) is 14.4. The van der Waals surface area contributed by atoms with Crippen molar-refractivity contribution >= 4 is 62.2 Å². The van der Waals surface area contributed by atoms with Gasteiger partial charge in [-0.3, -0.25) is 9.88 Å². The second-order valence-corrected chi connectivity index (χ2v) is 10.4. The summed E-state index contributed by atoms with van der Waals surface area (Å²) in [7, 11) is -3.52. The van der Waals surface area contributed by atoms with E-state index in [2.05, 4.69) is 19.5 Å². The Labute approximate surface area is 211 Å². The molecule has 1 aromatic heterocycles. The van der Waals surface area contributed by atoms with Crippen molar-refractivity contribution < 1.29 is 8.42 Å². The molecule has 1 aliphatic heterocycles. The number of hydrogen-bond acceptors (Lipinski definition) is 5. The molecule has 2 heterocycles. The van der Waals surface area contributed by atoms with Gasteiger partial charge in [0, 0.05) is 44.3 Å². The molecular weight excluding hydrogens is 503 g/mol. The molecule has 178 valence electrons. The summed E-state index contributed by atoms with van der Waals surface area (Å²) >= 11 is 12.5. The first-order chi connectivity index (χ1) is 15.4. The molecule has 0 radical (unpaired) electrons. The van der Waals surface area contributed by atoms with Crippen LogP contribution in [0.15, 0.2) is 59.6 Å².